The number of aryl methyl sites for hydroxylation is 1. The first-order valence-corrected chi connectivity index (χ1v) is 8.49. The third-order valence-electron chi connectivity index (χ3n) is 5.00. The molecule has 2 aromatic heterocycles. The SMILES string of the molecule is Cc1nnc2c(NC3CC(N(CC(=O)O)CC4CC4)C3)nccn12. The Hall–Kier alpha value is -2.22. The van der Waals surface area contributed by atoms with Crippen molar-refractivity contribution in [2.45, 2.75) is 44.7 Å². The molecule has 0 aliphatic heterocycles. The fourth-order valence-electron chi connectivity index (χ4n) is 3.39. The monoisotopic (exact) mass is 330 g/mol. The summed E-state index contributed by atoms with van der Waals surface area (Å²) >= 11 is 0. The third kappa shape index (κ3) is 3.06. The van der Waals surface area contributed by atoms with Gasteiger partial charge in [-0.3, -0.25) is 14.1 Å². The van der Waals surface area contributed by atoms with Crippen molar-refractivity contribution in [1.82, 2.24) is 24.5 Å². The fraction of sp³-hybridized carbons (Fsp3) is 0.625. The summed E-state index contributed by atoms with van der Waals surface area (Å²) < 4.78 is 1.91. The van der Waals surface area contributed by atoms with Crippen molar-refractivity contribution in [3.05, 3.63) is 18.2 Å². The summed E-state index contributed by atoms with van der Waals surface area (Å²) in [5.41, 5.74) is 0.735. The van der Waals surface area contributed by atoms with Crippen LogP contribution in [-0.2, 0) is 4.79 Å². The van der Waals surface area contributed by atoms with E-state index in [1.54, 1.807) is 6.20 Å². The average Bonchev–Trinajstić information content (AvgIpc) is 3.23. The highest BCUT2D eigenvalue weighted by Crippen LogP contribution is 2.34. The summed E-state index contributed by atoms with van der Waals surface area (Å²) in [6.07, 6.45) is 7.95. The molecule has 2 aliphatic rings. The zero-order valence-corrected chi connectivity index (χ0v) is 13.7. The minimum Gasteiger partial charge on any atom is -0.480 e. The molecule has 0 radical (unpaired) electrons. The Labute approximate surface area is 139 Å². The number of nitrogens with one attached hydrogen (secondary N) is 1. The highest BCUT2D eigenvalue weighted by molar-refractivity contribution is 5.69. The molecular formula is C16H22N6O2. The third-order valence-corrected chi connectivity index (χ3v) is 5.00. The number of carboxylic acid groups (broad SMARTS) is 1. The number of rotatable bonds is 7. The second-order valence-corrected chi connectivity index (χ2v) is 6.95. The van der Waals surface area contributed by atoms with Crippen LogP contribution in [-0.4, -0.2) is 60.7 Å². The predicted molar refractivity (Wildman–Crippen MR) is 87.9 cm³/mol. The Morgan fingerprint density at radius 1 is 1.42 bits per heavy atom. The summed E-state index contributed by atoms with van der Waals surface area (Å²) in [6.45, 7) is 2.97. The zero-order valence-electron chi connectivity index (χ0n) is 13.7. The maximum absolute atomic E-state index is 11.1. The van der Waals surface area contributed by atoms with Crippen LogP contribution in [0, 0.1) is 12.8 Å². The lowest BCUT2D eigenvalue weighted by atomic mass is 9.85. The summed E-state index contributed by atoms with van der Waals surface area (Å²) in [4.78, 5) is 17.6. The van der Waals surface area contributed by atoms with Crippen molar-refractivity contribution >= 4 is 17.4 Å². The van der Waals surface area contributed by atoms with Gasteiger partial charge in [0, 0.05) is 31.0 Å². The second-order valence-electron chi connectivity index (χ2n) is 6.95. The molecule has 0 atom stereocenters. The Morgan fingerprint density at radius 2 is 2.21 bits per heavy atom. The van der Waals surface area contributed by atoms with Crippen LogP contribution < -0.4 is 5.32 Å². The fourth-order valence-corrected chi connectivity index (χ4v) is 3.39. The molecule has 8 nitrogen and oxygen atoms in total. The number of anilines is 1. The van der Waals surface area contributed by atoms with Crippen LogP contribution in [0.25, 0.3) is 5.65 Å². The van der Waals surface area contributed by atoms with Gasteiger partial charge in [0.1, 0.15) is 5.82 Å². The van der Waals surface area contributed by atoms with Gasteiger partial charge in [-0.15, -0.1) is 10.2 Å². The molecule has 8 heteroatoms. The molecule has 2 aromatic rings. The number of carboxylic acids is 1. The van der Waals surface area contributed by atoms with Gasteiger partial charge < -0.3 is 10.4 Å². The summed E-state index contributed by atoms with van der Waals surface area (Å²) in [7, 11) is 0. The molecule has 2 N–H and O–H groups in total. The molecule has 0 bridgehead atoms. The number of aromatic nitrogens is 4. The van der Waals surface area contributed by atoms with E-state index in [4.69, 9.17) is 5.11 Å². The van der Waals surface area contributed by atoms with Crippen LogP contribution in [0.2, 0.25) is 0 Å². The lowest BCUT2D eigenvalue weighted by Gasteiger charge is -2.42. The molecule has 2 aliphatic carbocycles. The van der Waals surface area contributed by atoms with Crippen LogP contribution >= 0.6 is 0 Å². The first kappa shape index (κ1) is 15.3. The van der Waals surface area contributed by atoms with E-state index in [9.17, 15) is 4.79 Å². The van der Waals surface area contributed by atoms with E-state index < -0.39 is 5.97 Å². The molecule has 0 saturated heterocycles. The number of hydrogen-bond donors (Lipinski definition) is 2. The molecule has 2 fully saturated rings. The largest absolute Gasteiger partial charge is 0.480 e. The van der Waals surface area contributed by atoms with Crippen LogP contribution in [0.4, 0.5) is 5.82 Å². The van der Waals surface area contributed by atoms with Gasteiger partial charge in [0.2, 0.25) is 5.65 Å². The molecule has 24 heavy (non-hydrogen) atoms. The van der Waals surface area contributed by atoms with Gasteiger partial charge in [-0.2, -0.15) is 0 Å². The normalized spacial score (nSPS) is 23.4. The van der Waals surface area contributed by atoms with E-state index in [0.717, 1.165) is 36.7 Å². The molecule has 128 valence electrons. The Bertz CT molecular complexity index is 750. The predicted octanol–water partition coefficient (Wildman–Crippen LogP) is 1.17. The first-order valence-electron chi connectivity index (χ1n) is 8.49. The van der Waals surface area contributed by atoms with E-state index in [-0.39, 0.29) is 6.54 Å². The maximum atomic E-state index is 11.1. The van der Waals surface area contributed by atoms with E-state index in [2.05, 4.69) is 25.4 Å². The molecular weight excluding hydrogens is 308 g/mol. The van der Waals surface area contributed by atoms with Gasteiger partial charge in [0.15, 0.2) is 5.82 Å². The van der Waals surface area contributed by atoms with Crippen LogP contribution in [0.1, 0.15) is 31.5 Å². The minimum absolute atomic E-state index is 0.144. The second kappa shape index (κ2) is 6.01. The molecule has 0 spiro atoms. The van der Waals surface area contributed by atoms with E-state index in [0.29, 0.717) is 18.0 Å². The lowest BCUT2D eigenvalue weighted by molar-refractivity contribution is -0.139. The number of fused-ring (bicyclic) bond motifs is 1. The quantitative estimate of drug-likeness (QED) is 0.787. The van der Waals surface area contributed by atoms with Crippen molar-refractivity contribution in [3.8, 4) is 0 Å². The zero-order chi connectivity index (χ0) is 16.7. The molecule has 2 heterocycles. The van der Waals surface area contributed by atoms with Crippen molar-refractivity contribution in [2.75, 3.05) is 18.4 Å². The number of nitrogens with zero attached hydrogens (tertiary/aromatic N) is 5. The Morgan fingerprint density at radius 3 is 2.92 bits per heavy atom. The van der Waals surface area contributed by atoms with Crippen LogP contribution in [0.15, 0.2) is 12.4 Å². The van der Waals surface area contributed by atoms with E-state index in [1.807, 2.05) is 17.5 Å². The Balaban J connectivity index is 1.38. The van der Waals surface area contributed by atoms with Crippen LogP contribution in [0.3, 0.4) is 0 Å². The van der Waals surface area contributed by atoms with Gasteiger partial charge in [0.05, 0.1) is 6.54 Å². The number of carbonyl (C=O) groups is 1. The summed E-state index contributed by atoms with van der Waals surface area (Å²) in [6, 6.07) is 0.653. The van der Waals surface area contributed by atoms with E-state index in [1.165, 1.54) is 12.8 Å². The maximum Gasteiger partial charge on any atom is 0.317 e. The lowest BCUT2D eigenvalue weighted by Crippen LogP contribution is -2.52. The standard InChI is InChI=1S/C16H22N6O2/c1-10-19-20-16-15(17-4-5-22(10)16)18-12-6-13(7-12)21(9-14(23)24)8-11-2-3-11/h4-5,11-13H,2-3,6-9H2,1H3,(H,17,18)(H,23,24). The molecule has 0 aromatic carbocycles. The highest BCUT2D eigenvalue weighted by Gasteiger charge is 2.37. The topological polar surface area (TPSA) is 95.7 Å². The molecule has 0 amide bonds. The smallest absolute Gasteiger partial charge is 0.317 e. The molecule has 4 rings (SSSR count). The van der Waals surface area contributed by atoms with Gasteiger partial charge in [-0.1, -0.05) is 0 Å². The van der Waals surface area contributed by atoms with Crippen molar-refractivity contribution < 1.29 is 9.90 Å². The van der Waals surface area contributed by atoms with Gasteiger partial charge in [-0.05, 0) is 38.5 Å². The highest BCUT2D eigenvalue weighted by atomic mass is 16.4. The van der Waals surface area contributed by atoms with Gasteiger partial charge >= 0.3 is 5.97 Å². The minimum atomic E-state index is -0.738. The average molecular weight is 330 g/mol. The number of hydrogen-bond acceptors (Lipinski definition) is 6. The summed E-state index contributed by atoms with van der Waals surface area (Å²) in [5.74, 6) is 1.54. The summed E-state index contributed by atoms with van der Waals surface area (Å²) in [5, 5.41) is 20.8. The molecule has 2 saturated carbocycles. The van der Waals surface area contributed by atoms with Crippen molar-refractivity contribution in [2.24, 2.45) is 5.92 Å². The Kier molecular flexibility index (Phi) is 3.84. The van der Waals surface area contributed by atoms with Gasteiger partial charge in [0.25, 0.3) is 0 Å². The van der Waals surface area contributed by atoms with Crippen molar-refractivity contribution in [1.29, 1.82) is 0 Å². The molecule has 0 unspecified atom stereocenters. The van der Waals surface area contributed by atoms with Crippen LogP contribution in [0.5, 0.6) is 0 Å². The van der Waals surface area contributed by atoms with Gasteiger partial charge in [-0.25, -0.2) is 4.98 Å². The van der Waals surface area contributed by atoms with Crippen molar-refractivity contribution in [3.63, 3.8) is 0 Å². The van der Waals surface area contributed by atoms with E-state index >= 15 is 0 Å². The first-order chi connectivity index (χ1) is 11.6. The number of aliphatic carboxylic acids is 1.